The highest BCUT2D eigenvalue weighted by Gasteiger charge is 2.15. The van der Waals surface area contributed by atoms with Gasteiger partial charge in [-0.3, -0.25) is 4.68 Å². The van der Waals surface area contributed by atoms with Crippen molar-refractivity contribution in [2.24, 2.45) is 5.11 Å². The van der Waals surface area contributed by atoms with Gasteiger partial charge in [-0.1, -0.05) is 25.4 Å². The summed E-state index contributed by atoms with van der Waals surface area (Å²) < 4.78 is 7.42. The predicted molar refractivity (Wildman–Crippen MR) is 82.1 cm³/mol. The van der Waals surface area contributed by atoms with Crippen LogP contribution in [0.4, 0.5) is 0 Å². The van der Waals surface area contributed by atoms with Gasteiger partial charge >= 0.3 is 0 Å². The van der Waals surface area contributed by atoms with Gasteiger partial charge in [-0.05, 0) is 30.2 Å². The molecule has 21 heavy (non-hydrogen) atoms. The molecular weight excluding hydrogens is 266 g/mol. The highest BCUT2D eigenvalue weighted by molar-refractivity contribution is 6.04. The van der Waals surface area contributed by atoms with Gasteiger partial charge in [0.15, 0.2) is 0 Å². The average molecular weight is 283 g/mol. The lowest BCUT2D eigenvalue weighted by molar-refractivity contribution is 0.546. The van der Waals surface area contributed by atoms with E-state index in [0.29, 0.717) is 6.54 Å². The minimum Gasteiger partial charge on any atom is -0.464 e. The minimum absolute atomic E-state index is 0.144. The monoisotopic (exact) mass is 283 g/mol. The number of nitrogens with zero attached hydrogens (tertiary/aromatic N) is 5. The molecule has 3 aromatic rings. The van der Waals surface area contributed by atoms with Crippen LogP contribution in [0.2, 0.25) is 0 Å². The molecule has 108 valence electrons. The first-order valence-corrected chi connectivity index (χ1v) is 7.14. The standard InChI is InChI=1S/C15H17N5O/c1-3-4-13-11-5-6-14-12(7-8-21-14)15(11)20(18-13)9-10(2)17-19-16/h5-8,10H,3-4,9H2,1-2H3/t10-/m0/s1. The van der Waals surface area contributed by atoms with Crippen molar-refractivity contribution in [3.8, 4) is 0 Å². The summed E-state index contributed by atoms with van der Waals surface area (Å²) in [7, 11) is 0. The lowest BCUT2D eigenvalue weighted by atomic mass is 10.1. The molecule has 0 amide bonds. The first-order chi connectivity index (χ1) is 10.2. The van der Waals surface area contributed by atoms with Crippen molar-refractivity contribution in [1.82, 2.24) is 9.78 Å². The maximum atomic E-state index is 8.57. The second-order valence-electron chi connectivity index (χ2n) is 5.23. The molecule has 0 N–H and O–H groups in total. The fourth-order valence-corrected chi connectivity index (χ4v) is 2.72. The molecule has 0 saturated carbocycles. The quantitative estimate of drug-likeness (QED) is 0.394. The smallest absolute Gasteiger partial charge is 0.136 e. The maximum Gasteiger partial charge on any atom is 0.136 e. The molecule has 6 heteroatoms. The van der Waals surface area contributed by atoms with Crippen LogP contribution in [0, 0.1) is 0 Å². The summed E-state index contributed by atoms with van der Waals surface area (Å²) in [6.07, 6.45) is 3.67. The second kappa shape index (κ2) is 5.50. The highest BCUT2D eigenvalue weighted by Crippen LogP contribution is 2.29. The Morgan fingerprint density at radius 2 is 2.24 bits per heavy atom. The molecule has 0 unspecified atom stereocenters. The van der Waals surface area contributed by atoms with Crippen LogP contribution in [-0.2, 0) is 13.0 Å². The Kier molecular flexibility index (Phi) is 3.54. The van der Waals surface area contributed by atoms with E-state index in [9.17, 15) is 0 Å². The van der Waals surface area contributed by atoms with E-state index in [1.807, 2.05) is 23.7 Å². The van der Waals surface area contributed by atoms with Crippen molar-refractivity contribution in [3.05, 3.63) is 40.6 Å². The Morgan fingerprint density at radius 3 is 3.00 bits per heavy atom. The number of hydrogen-bond acceptors (Lipinski definition) is 3. The summed E-state index contributed by atoms with van der Waals surface area (Å²) >= 11 is 0. The van der Waals surface area contributed by atoms with Gasteiger partial charge in [0.2, 0.25) is 0 Å². The maximum absolute atomic E-state index is 8.57. The van der Waals surface area contributed by atoms with E-state index in [0.717, 1.165) is 40.4 Å². The number of aryl methyl sites for hydroxylation is 1. The molecule has 2 aromatic heterocycles. The number of furan rings is 1. The third-order valence-electron chi connectivity index (χ3n) is 3.59. The van der Waals surface area contributed by atoms with Crippen molar-refractivity contribution < 1.29 is 4.42 Å². The molecule has 0 bridgehead atoms. The molecule has 0 fully saturated rings. The van der Waals surface area contributed by atoms with Crippen LogP contribution in [-0.4, -0.2) is 15.8 Å². The molecule has 0 aliphatic carbocycles. The van der Waals surface area contributed by atoms with E-state index in [1.54, 1.807) is 6.26 Å². The van der Waals surface area contributed by atoms with E-state index in [4.69, 9.17) is 15.0 Å². The Morgan fingerprint density at radius 1 is 1.38 bits per heavy atom. The van der Waals surface area contributed by atoms with Gasteiger partial charge in [0.05, 0.1) is 23.5 Å². The van der Waals surface area contributed by atoms with Crippen LogP contribution in [0.3, 0.4) is 0 Å². The number of benzene rings is 1. The van der Waals surface area contributed by atoms with E-state index in [-0.39, 0.29) is 6.04 Å². The molecule has 2 heterocycles. The zero-order valence-electron chi connectivity index (χ0n) is 12.2. The number of aromatic nitrogens is 2. The lowest BCUT2D eigenvalue weighted by Gasteiger charge is -2.06. The van der Waals surface area contributed by atoms with Gasteiger partial charge in [0, 0.05) is 22.2 Å². The van der Waals surface area contributed by atoms with Gasteiger partial charge in [-0.25, -0.2) is 0 Å². The van der Waals surface area contributed by atoms with Crippen LogP contribution >= 0.6 is 0 Å². The summed E-state index contributed by atoms with van der Waals surface area (Å²) in [5.41, 5.74) is 11.6. The highest BCUT2D eigenvalue weighted by atomic mass is 16.3. The van der Waals surface area contributed by atoms with Crippen LogP contribution in [0.15, 0.2) is 34.0 Å². The molecule has 1 atom stereocenters. The zero-order valence-corrected chi connectivity index (χ0v) is 12.2. The van der Waals surface area contributed by atoms with Crippen molar-refractivity contribution >= 4 is 21.9 Å². The van der Waals surface area contributed by atoms with E-state index in [1.165, 1.54) is 0 Å². The first-order valence-electron chi connectivity index (χ1n) is 7.14. The Balaban J connectivity index is 2.21. The minimum atomic E-state index is -0.144. The Bertz CT molecular complexity index is 825. The normalized spacial score (nSPS) is 12.7. The van der Waals surface area contributed by atoms with Crippen molar-refractivity contribution in [2.45, 2.75) is 39.3 Å². The molecular formula is C15H17N5O. The van der Waals surface area contributed by atoms with Crippen molar-refractivity contribution in [1.29, 1.82) is 0 Å². The SMILES string of the molecule is CCCc1nn(C[C@H](C)N=[N+]=[N-])c2c1ccc1occc12. The van der Waals surface area contributed by atoms with Crippen molar-refractivity contribution in [2.75, 3.05) is 0 Å². The van der Waals surface area contributed by atoms with Crippen LogP contribution in [0.25, 0.3) is 32.3 Å². The number of azide groups is 1. The van der Waals surface area contributed by atoms with Gasteiger partial charge in [-0.2, -0.15) is 5.10 Å². The molecule has 6 nitrogen and oxygen atoms in total. The molecule has 0 saturated heterocycles. The summed E-state index contributed by atoms with van der Waals surface area (Å²) in [5, 5.41) is 10.7. The number of fused-ring (bicyclic) bond motifs is 3. The van der Waals surface area contributed by atoms with Gasteiger partial charge < -0.3 is 4.42 Å². The Labute approximate surface area is 122 Å². The third kappa shape index (κ3) is 2.34. The summed E-state index contributed by atoms with van der Waals surface area (Å²) in [5.74, 6) is 0. The molecule has 0 aliphatic heterocycles. The first kappa shape index (κ1) is 13.5. The van der Waals surface area contributed by atoms with E-state index < -0.39 is 0 Å². The molecule has 0 radical (unpaired) electrons. The largest absolute Gasteiger partial charge is 0.464 e. The van der Waals surface area contributed by atoms with Gasteiger partial charge in [-0.15, -0.1) is 0 Å². The number of hydrogen-bond donors (Lipinski definition) is 0. The molecule has 3 rings (SSSR count). The van der Waals surface area contributed by atoms with E-state index >= 15 is 0 Å². The summed E-state index contributed by atoms with van der Waals surface area (Å²) in [6.45, 7) is 4.60. The third-order valence-corrected chi connectivity index (χ3v) is 3.59. The predicted octanol–water partition coefficient (Wildman–Crippen LogP) is 4.43. The zero-order chi connectivity index (χ0) is 14.8. The Hall–Kier alpha value is -2.46. The van der Waals surface area contributed by atoms with Crippen LogP contribution < -0.4 is 0 Å². The van der Waals surface area contributed by atoms with Crippen LogP contribution in [0.1, 0.15) is 26.0 Å². The van der Waals surface area contributed by atoms with E-state index in [2.05, 4.69) is 23.0 Å². The summed E-state index contributed by atoms with van der Waals surface area (Å²) in [4.78, 5) is 2.87. The van der Waals surface area contributed by atoms with Crippen molar-refractivity contribution in [3.63, 3.8) is 0 Å². The van der Waals surface area contributed by atoms with Gasteiger partial charge in [0.25, 0.3) is 0 Å². The van der Waals surface area contributed by atoms with Gasteiger partial charge in [0.1, 0.15) is 5.58 Å². The molecule has 1 aromatic carbocycles. The molecule has 0 spiro atoms. The fraction of sp³-hybridized carbons (Fsp3) is 0.400. The number of rotatable bonds is 5. The topological polar surface area (TPSA) is 79.7 Å². The second-order valence-corrected chi connectivity index (χ2v) is 5.23. The van der Waals surface area contributed by atoms with Crippen LogP contribution in [0.5, 0.6) is 0 Å². The fourth-order valence-electron chi connectivity index (χ4n) is 2.72. The lowest BCUT2D eigenvalue weighted by Crippen LogP contribution is -2.11. The average Bonchev–Trinajstić information content (AvgIpc) is 3.04. The molecule has 0 aliphatic rings. The summed E-state index contributed by atoms with van der Waals surface area (Å²) in [6, 6.07) is 5.87.